The zero-order chi connectivity index (χ0) is 25.1. The van der Waals surface area contributed by atoms with Gasteiger partial charge in [-0.2, -0.15) is 0 Å². The van der Waals surface area contributed by atoms with Crippen LogP contribution in [0.3, 0.4) is 0 Å². The van der Waals surface area contributed by atoms with E-state index in [0.29, 0.717) is 25.2 Å². The molecular formula is C29H38O5Si. The summed E-state index contributed by atoms with van der Waals surface area (Å²) in [5.41, 5.74) is 0.691. The first-order chi connectivity index (χ1) is 16.7. The molecule has 188 valence electrons. The Labute approximate surface area is 210 Å². The third kappa shape index (κ3) is 5.31. The Hall–Kier alpha value is -2.25. The molecule has 1 unspecified atom stereocenters. The fourth-order valence-corrected chi connectivity index (χ4v) is 10.2. The van der Waals surface area contributed by atoms with Crippen LogP contribution >= 0.6 is 0 Å². The second-order valence-electron chi connectivity index (χ2n) is 10.8. The molecule has 4 atom stereocenters. The van der Waals surface area contributed by atoms with Crippen LogP contribution in [0.2, 0.25) is 5.04 Å². The van der Waals surface area contributed by atoms with Crippen molar-refractivity contribution >= 4 is 24.7 Å². The maximum absolute atomic E-state index is 12.0. The van der Waals surface area contributed by atoms with E-state index in [9.17, 15) is 9.90 Å². The van der Waals surface area contributed by atoms with Gasteiger partial charge in [-0.05, 0) is 41.1 Å². The number of aliphatic carboxylic acids is 1. The predicted molar refractivity (Wildman–Crippen MR) is 140 cm³/mol. The third-order valence-electron chi connectivity index (χ3n) is 7.50. The van der Waals surface area contributed by atoms with E-state index >= 15 is 0 Å². The molecule has 0 bridgehead atoms. The Morgan fingerprint density at radius 2 is 1.66 bits per heavy atom. The topological polar surface area (TPSA) is 65.0 Å². The van der Waals surface area contributed by atoms with Gasteiger partial charge in [0, 0.05) is 19.1 Å². The lowest BCUT2D eigenvalue weighted by atomic mass is 9.99. The van der Waals surface area contributed by atoms with E-state index < -0.39 is 20.2 Å². The number of carbonyl (C=O) groups is 1. The number of carboxylic acid groups (broad SMARTS) is 1. The van der Waals surface area contributed by atoms with Gasteiger partial charge in [0.05, 0.1) is 12.0 Å². The third-order valence-corrected chi connectivity index (χ3v) is 12.5. The lowest BCUT2D eigenvalue weighted by molar-refractivity contribution is -0.195. The summed E-state index contributed by atoms with van der Waals surface area (Å²) in [5.74, 6) is -1.68. The fourth-order valence-electron chi connectivity index (χ4n) is 5.66. The Morgan fingerprint density at radius 3 is 2.14 bits per heavy atom. The Bertz CT molecular complexity index is 955. The van der Waals surface area contributed by atoms with E-state index in [-0.39, 0.29) is 23.4 Å². The summed E-state index contributed by atoms with van der Waals surface area (Å²) in [4.78, 5) is 12.0. The molecule has 0 amide bonds. The molecule has 1 heterocycles. The normalized spacial score (nSPS) is 25.5. The van der Waals surface area contributed by atoms with E-state index in [4.69, 9.17) is 13.9 Å². The van der Waals surface area contributed by atoms with E-state index in [0.717, 1.165) is 19.3 Å². The first-order valence-corrected chi connectivity index (χ1v) is 14.6. The first-order valence-electron chi connectivity index (χ1n) is 12.7. The number of hydrogen-bond donors (Lipinski definition) is 1. The molecule has 5 nitrogen and oxygen atoms in total. The predicted octanol–water partition coefficient (Wildman–Crippen LogP) is 4.75. The highest BCUT2D eigenvalue weighted by atomic mass is 28.4. The highest BCUT2D eigenvalue weighted by Crippen LogP contribution is 2.42. The smallest absolute Gasteiger partial charge is 0.310 e. The quantitative estimate of drug-likeness (QED) is 0.424. The SMILES string of the molecule is C=C1[C@H](C(=O)O)C[C@H](OC2CCCCO2)[C@H]1CO[Si](c1ccccc1)(c1ccccc1)C(C)(C)C. The van der Waals surface area contributed by atoms with Crippen LogP contribution in [0, 0.1) is 11.8 Å². The molecule has 2 aromatic rings. The maximum atomic E-state index is 12.0. The van der Waals surface area contributed by atoms with Gasteiger partial charge in [0.15, 0.2) is 6.29 Å². The van der Waals surface area contributed by atoms with Crippen molar-refractivity contribution in [1.29, 1.82) is 0 Å². The van der Waals surface area contributed by atoms with Gasteiger partial charge in [0.25, 0.3) is 8.32 Å². The fraction of sp³-hybridized carbons (Fsp3) is 0.483. The summed E-state index contributed by atoms with van der Waals surface area (Å²) in [6, 6.07) is 21.0. The summed E-state index contributed by atoms with van der Waals surface area (Å²) < 4.78 is 19.3. The van der Waals surface area contributed by atoms with E-state index in [1.807, 2.05) is 12.1 Å². The molecule has 2 aromatic carbocycles. The summed E-state index contributed by atoms with van der Waals surface area (Å²) in [6.45, 7) is 12.0. The molecule has 1 N–H and O–H groups in total. The molecule has 1 saturated heterocycles. The van der Waals surface area contributed by atoms with Crippen LogP contribution in [-0.2, 0) is 18.7 Å². The van der Waals surface area contributed by atoms with Gasteiger partial charge in [-0.3, -0.25) is 4.79 Å². The van der Waals surface area contributed by atoms with Crippen LogP contribution in [0.5, 0.6) is 0 Å². The summed E-state index contributed by atoms with van der Waals surface area (Å²) in [6.07, 6.45) is 2.76. The van der Waals surface area contributed by atoms with Gasteiger partial charge in [-0.1, -0.05) is 93.6 Å². The number of ether oxygens (including phenoxy) is 2. The zero-order valence-corrected chi connectivity index (χ0v) is 22.1. The van der Waals surface area contributed by atoms with Gasteiger partial charge in [-0.25, -0.2) is 0 Å². The van der Waals surface area contributed by atoms with Crippen molar-refractivity contribution in [1.82, 2.24) is 0 Å². The lowest BCUT2D eigenvalue weighted by Gasteiger charge is -2.44. The highest BCUT2D eigenvalue weighted by Gasteiger charge is 2.52. The minimum absolute atomic E-state index is 0.162. The lowest BCUT2D eigenvalue weighted by Crippen LogP contribution is -2.67. The van der Waals surface area contributed by atoms with Crippen LogP contribution in [0.4, 0.5) is 0 Å². The molecular weight excluding hydrogens is 456 g/mol. The number of hydrogen-bond acceptors (Lipinski definition) is 4. The minimum Gasteiger partial charge on any atom is -0.481 e. The zero-order valence-electron chi connectivity index (χ0n) is 21.1. The standard InChI is InChI=1S/C29H38O5Si/c1-21-24(28(30)31)19-26(34-27-17-11-12-18-32-27)25(21)20-33-35(29(2,3)4,22-13-7-5-8-14-22)23-15-9-6-10-16-23/h5-10,13-16,24-27H,1,11-12,17-20H2,2-4H3,(H,30,31)/t24-,25+,26+,27?/m1/s1. The molecule has 35 heavy (non-hydrogen) atoms. The van der Waals surface area contributed by atoms with Gasteiger partial charge in [0.2, 0.25) is 0 Å². The molecule has 1 saturated carbocycles. The Morgan fingerprint density at radius 1 is 1.06 bits per heavy atom. The highest BCUT2D eigenvalue weighted by molar-refractivity contribution is 6.99. The first kappa shape index (κ1) is 25.8. The summed E-state index contributed by atoms with van der Waals surface area (Å²) in [5, 5.41) is 12.1. The molecule has 0 aromatic heterocycles. The van der Waals surface area contributed by atoms with Crippen molar-refractivity contribution in [2.75, 3.05) is 13.2 Å². The maximum Gasteiger partial charge on any atom is 0.310 e. The monoisotopic (exact) mass is 494 g/mol. The molecule has 0 spiro atoms. The van der Waals surface area contributed by atoms with Gasteiger partial charge < -0.3 is 19.0 Å². The van der Waals surface area contributed by atoms with Crippen LogP contribution in [-0.4, -0.2) is 45.0 Å². The Kier molecular flexibility index (Phi) is 7.96. The average Bonchev–Trinajstić information content (AvgIpc) is 3.16. The van der Waals surface area contributed by atoms with Crippen molar-refractivity contribution in [2.24, 2.45) is 11.8 Å². The molecule has 0 radical (unpaired) electrons. The molecule has 2 aliphatic rings. The summed E-state index contributed by atoms with van der Waals surface area (Å²) in [7, 11) is -2.75. The van der Waals surface area contributed by atoms with E-state index in [1.54, 1.807) is 0 Å². The van der Waals surface area contributed by atoms with Gasteiger partial charge >= 0.3 is 5.97 Å². The van der Waals surface area contributed by atoms with Crippen LogP contribution < -0.4 is 10.4 Å². The molecule has 1 aliphatic carbocycles. The average molecular weight is 495 g/mol. The number of benzene rings is 2. The Balaban J connectivity index is 1.68. The van der Waals surface area contributed by atoms with Crippen molar-refractivity contribution in [3.05, 3.63) is 72.8 Å². The van der Waals surface area contributed by atoms with Crippen LogP contribution in [0.15, 0.2) is 72.8 Å². The molecule has 1 aliphatic heterocycles. The van der Waals surface area contributed by atoms with Crippen molar-refractivity contribution < 1.29 is 23.8 Å². The molecule has 2 fully saturated rings. The second-order valence-corrected chi connectivity index (χ2v) is 15.1. The number of carboxylic acids is 1. The summed E-state index contributed by atoms with van der Waals surface area (Å²) >= 11 is 0. The van der Waals surface area contributed by atoms with Gasteiger partial charge in [0.1, 0.15) is 0 Å². The molecule has 4 rings (SSSR count). The van der Waals surface area contributed by atoms with Crippen LogP contribution in [0.25, 0.3) is 0 Å². The molecule has 6 heteroatoms. The van der Waals surface area contributed by atoms with Crippen LogP contribution in [0.1, 0.15) is 46.5 Å². The number of rotatable bonds is 8. The second kappa shape index (κ2) is 10.8. The van der Waals surface area contributed by atoms with E-state index in [1.165, 1.54) is 10.4 Å². The minimum atomic E-state index is -2.75. The van der Waals surface area contributed by atoms with E-state index in [2.05, 4.69) is 75.9 Å². The van der Waals surface area contributed by atoms with Gasteiger partial charge in [-0.15, -0.1) is 0 Å². The van der Waals surface area contributed by atoms with Crippen molar-refractivity contribution in [3.8, 4) is 0 Å². The van der Waals surface area contributed by atoms with Crippen molar-refractivity contribution in [2.45, 2.75) is 63.9 Å². The largest absolute Gasteiger partial charge is 0.481 e. The van der Waals surface area contributed by atoms with Crippen molar-refractivity contribution in [3.63, 3.8) is 0 Å².